The van der Waals surface area contributed by atoms with E-state index in [2.05, 4.69) is 40.3 Å². The number of aromatic nitrogens is 3. The normalized spacial score (nSPS) is 15.6. The van der Waals surface area contributed by atoms with Gasteiger partial charge in [-0.05, 0) is 53.7 Å². The number of pyridine rings is 1. The SMILES string of the molecule is c1ccc([Si]2(c3cccc(Oc4cccc(-c5ncc[nH]5)c4)c3)CCCCC2)nc1. The predicted octanol–water partition coefficient (Wildman–Crippen LogP) is 5.01. The van der Waals surface area contributed by atoms with Gasteiger partial charge in [0, 0.05) is 29.5 Å². The van der Waals surface area contributed by atoms with E-state index < -0.39 is 8.07 Å². The summed E-state index contributed by atoms with van der Waals surface area (Å²) >= 11 is 0. The summed E-state index contributed by atoms with van der Waals surface area (Å²) in [6.45, 7) is 0. The van der Waals surface area contributed by atoms with Gasteiger partial charge in [-0.15, -0.1) is 0 Å². The zero-order chi connectivity index (χ0) is 20.2. The lowest BCUT2D eigenvalue weighted by Gasteiger charge is -2.35. The van der Waals surface area contributed by atoms with Crippen molar-refractivity contribution in [3.8, 4) is 22.9 Å². The topological polar surface area (TPSA) is 50.8 Å². The third kappa shape index (κ3) is 3.68. The Hall–Kier alpha value is -3.18. The Morgan fingerprint density at radius 2 is 1.60 bits per heavy atom. The molecule has 0 spiro atoms. The van der Waals surface area contributed by atoms with Crippen molar-refractivity contribution in [2.24, 2.45) is 0 Å². The molecule has 2 aromatic carbocycles. The number of imidazole rings is 1. The molecule has 1 N–H and O–H groups in total. The summed E-state index contributed by atoms with van der Waals surface area (Å²) in [5.74, 6) is 2.55. The lowest BCUT2D eigenvalue weighted by atomic mass is 10.2. The van der Waals surface area contributed by atoms with Gasteiger partial charge in [-0.2, -0.15) is 0 Å². The maximum absolute atomic E-state index is 6.29. The fourth-order valence-electron chi connectivity index (χ4n) is 4.62. The van der Waals surface area contributed by atoms with Crippen LogP contribution < -0.4 is 15.2 Å². The van der Waals surface area contributed by atoms with E-state index in [4.69, 9.17) is 9.72 Å². The van der Waals surface area contributed by atoms with E-state index in [1.165, 1.54) is 41.9 Å². The van der Waals surface area contributed by atoms with Gasteiger partial charge >= 0.3 is 0 Å². The Morgan fingerprint density at radius 3 is 2.37 bits per heavy atom. The molecule has 4 nitrogen and oxygen atoms in total. The van der Waals surface area contributed by atoms with Crippen molar-refractivity contribution >= 4 is 18.6 Å². The molecule has 0 aliphatic carbocycles. The number of benzene rings is 2. The van der Waals surface area contributed by atoms with Gasteiger partial charge in [-0.1, -0.05) is 49.6 Å². The molecule has 5 heteroatoms. The molecule has 1 aliphatic rings. The first-order chi connectivity index (χ1) is 14.8. The molecule has 0 atom stereocenters. The Kier molecular flexibility index (Phi) is 5.20. The van der Waals surface area contributed by atoms with Crippen LogP contribution in [-0.2, 0) is 0 Å². The molecule has 4 aromatic rings. The van der Waals surface area contributed by atoms with E-state index in [1.807, 2.05) is 48.8 Å². The molecule has 0 amide bonds. The van der Waals surface area contributed by atoms with Gasteiger partial charge in [0.1, 0.15) is 25.4 Å². The standard InChI is InChI=1S/C25H25N3OSi/c1-4-16-30(17-5-1,24-12-2-3-13-26-24)23-11-7-10-22(19-23)29-21-9-6-8-20(18-21)25-27-14-15-28-25/h2-3,6-15,18-19H,1,4-5,16-17H2,(H,27,28). The van der Waals surface area contributed by atoms with E-state index in [9.17, 15) is 0 Å². The van der Waals surface area contributed by atoms with E-state index in [-0.39, 0.29) is 0 Å². The van der Waals surface area contributed by atoms with E-state index in [0.29, 0.717) is 0 Å². The average molecular weight is 412 g/mol. The van der Waals surface area contributed by atoms with Gasteiger partial charge < -0.3 is 9.72 Å². The van der Waals surface area contributed by atoms with Gasteiger partial charge in [0.25, 0.3) is 0 Å². The lowest BCUT2D eigenvalue weighted by molar-refractivity contribution is 0.483. The van der Waals surface area contributed by atoms with Crippen LogP contribution in [0.15, 0.2) is 85.3 Å². The number of nitrogens with zero attached hydrogens (tertiary/aromatic N) is 2. The van der Waals surface area contributed by atoms with Crippen LogP contribution in [0.1, 0.15) is 19.3 Å². The number of hydrogen-bond acceptors (Lipinski definition) is 3. The third-order valence-electron chi connectivity index (χ3n) is 6.09. The number of ether oxygens (including phenoxy) is 1. The van der Waals surface area contributed by atoms with Crippen molar-refractivity contribution in [1.82, 2.24) is 15.0 Å². The summed E-state index contributed by atoms with van der Waals surface area (Å²) in [5, 5.41) is 2.74. The zero-order valence-electron chi connectivity index (χ0n) is 16.9. The lowest BCUT2D eigenvalue weighted by Crippen LogP contribution is -2.60. The van der Waals surface area contributed by atoms with Crippen LogP contribution in [0.2, 0.25) is 12.1 Å². The van der Waals surface area contributed by atoms with Crippen LogP contribution in [0, 0.1) is 0 Å². The molecule has 1 fully saturated rings. The van der Waals surface area contributed by atoms with Crippen LogP contribution in [0.4, 0.5) is 0 Å². The molecule has 0 radical (unpaired) electrons. The molecule has 3 heterocycles. The van der Waals surface area contributed by atoms with Gasteiger partial charge in [0.15, 0.2) is 0 Å². The highest BCUT2D eigenvalue weighted by molar-refractivity contribution is 7.01. The van der Waals surface area contributed by atoms with Gasteiger partial charge in [0.2, 0.25) is 0 Å². The number of hydrogen-bond donors (Lipinski definition) is 1. The highest BCUT2D eigenvalue weighted by Crippen LogP contribution is 2.30. The minimum atomic E-state index is -1.84. The first-order valence-corrected chi connectivity index (χ1v) is 13.0. The second-order valence-electron chi connectivity index (χ2n) is 7.95. The largest absolute Gasteiger partial charge is 0.457 e. The molecular formula is C25H25N3OSi. The van der Waals surface area contributed by atoms with Gasteiger partial charge in [-0.25, -0.2) is 4.98 Å². The van der Waals surface area contributed by atoms with E-state index >= 15 is 0 Å². The van der Waals surface area contributed by atoms with Crippen LogP contribution >= 0.6 is 0 Å². The molecule has 2 aromatic heterocycles. The molecule has 1 aliphatic heterocycles. The predicted molar refractivity (Wildman–Crippen MR) is 123 cm³/mol. The van der Waals surface area contributed by atoms with E-state index in [1.54, 1.807) is 6.20 Å². The first-order valence-electron chi connectivity index (χ1n) is 10.6. The summed E-state index contributed by atoms with van der Waals surface area (Å²) in [6, 6.07) is 25.7. The maximum Gasteiger partial charge on any atom is 0.141 e. The van der Waals surface area contributed by atoms with Crippen molar-refractivity contribution in [3.63, 3.8) is 0 Å². The average Bonchev–Trinajstić information content (AvgIpc) is 3.36. The van der Waals surface area contributed by atoms with Crippen LogP contribution in [-0.4, -0.2) is 23.0 Å². The Bertz CT molecular complexity index is 1110. The number of aromatic amines is 1. The number of nitrogens with one attached hydrogen (secondary N) is 1. The third-order valence-corrected chi connectivity index (χ3v) is 11.2. The van der Waals surface area contributed by atoms with Crippen molar-refractivity contribution in [2.75, 3.05) is 0 Å². The molecule has 0 saturated carbocycles. The molecule has 150 valence electrons. The number of rotatable bonds is 5. The van der Waals surface area contributed by atoms with Crippen LogP contribution in [0.5, 0.6) is 11.5 Å². The summed E-state index contributed by atoms with van der Waals surface area (Å²) in [7, 11) is -1.84. The summed E-state index contributed by atoms with van der Waals surface area (Å²) in [6.07, 6.45) is 9.45. The smallest absolute Gasteiger partial charge is 0.141 e. The summed E-state index contributed by atoms with van der Waals surface area (Å²) in [5.41, 5.74) is 1.01. The van der Waals surface area contributed by atoms with E-state index in [0.717, 1.165) is 22.9 Å². The van der Waals surface area contributed by atoms with Gasteiger partial charge in [-0.3, -0.25) is 4.98 Å². The summed E-state index contributed by atoms with van der Waals surface area (Å²) in [4.78, 5) is 12.3. The summed E-state index contributed by atoms with van der Waals surface area (Å²) < 4.78 is 6.29. The van der Waals surface area contributed by atoms with Crippen LogP contribution in [0.25, 0.3) is 11.4 Å². The number of H-pyrrole nitrogens is 1. The Balaban J connectivity index is 1.47. The second-order valence-corrected chi connectivity index (χ2v) is 12.2. The Morgan fingerprint density at radius 1 is 0.767 bits per heavy atom. The molecule has 5 rings (SSSR count). The monoisotopic (exact) mass is 411 g/mol. The molecular weight excluding hydrogens is 386 g/mol. The van der Waals surface area contributed by atoms with Crippen molar-refractivity contribution < 1.29 is 4.74 Å². The molecule has 0 bridgehead atoms. The minimum absolute atomic E-state index is 0.818. The first kappa shape index (κ1) is 18.8. The molecule has 1 saturated heterocycles. The van der Waals surface area contributed by atoms with Crippen molar-refractivity contribution in [2.45, 2.75) is 31.4 Å². The second kappa shape index (κ2) is 8.28. The molecule has 30 heavy (non-hydrogen) atoms. The highest BCUT2D eigenvalue weighted by Gasteiger charge is 2.39. The fraction of sp³-hybridized carbons (Fsp3) is 0.200. The minimum Gasteiger partial charge on any atom is -0.457 e. The highest BCUT2D eigenvalue weighted by atomic mass is 28.3. The van der Waals surface area contributed by atoms with Gasteiger partial charge in [0.05, 0.1) is 0 Å². The van der Waals surface area contributed by atoms with Crippen molar-refractivity contribution in [1.29, 1.82) is 0 Å². The maximum atomic E-state index is 6.29. The van der Waals surface area contributed by atoms with Crippen LogP contribution in [0.3, 0.4) is 0 Å². The zero-order valence-corrected chi connectivity index (χ0v) is 17.9. The quantitative estimate of drug-likeness (QED) is 0.470. The van der Waals surface area contributed by atoms with Crippen molar-refractivity contribution in [3.05, 3.63) is 85.3 Å². The Labute approximate surface area is 178 Å². The molecule has 0 unspecified atom stereocenters. The fourth-order valence-corrected chi connectivity index (χ4v) is 9.53.